The van der Waals surface area contributed by atoms with Crippen LogP contribution in [0.4, 0.5) is 0 Å². The van der Waals surface area contributed by atoms with Crippen molar-refractivity contribution in [3.63, 3.8) is 0 Å². The van der Waals surface area contributed by atoms with Gasteiger partial charge in [0.2, 0.25) is 0 Å². The number of halogens is 2. The number of aryl methyl sites for hydroxylation is 3. The maximum atomic E-state index is 5.79. The molecule has 90 valence electrons. The van der Waals surface area contributed by atoms with E-state index in [9.17, 15) is 0 Å². The van der Waals surface area contributed by atoms with Crippen molar-refractivity contribution >= 4 is 38.9 Å². The highest BCUT2D eigenvalue weighted by Crippen LogP contribution is 2.32. The van der Waals surface area contributed by atoms with E-state index in [4.69, 9.17) is 11.6 Å². The molecule has 17 heavy (non-hydrogen) atoms. The van der Waals surface area contributed by atoms with Gasteiger partial charge < -0.3 is 0 Å². The van der Waals surface area contributed by atoms with Crippen LogP contribution in [-0.2, 0) is 6.42 Å². The van der Waals surface area contributed by atoms with Gasteiger partial charge in [0.05, 0.1) is 5.69 Å². The molecular weight excluding hydrogens is 318 g/mol. The van der Waals surface area contributed by atoms with E-state index in [0.717, 1.165) is 21.6 Å². The normalized spacial score (nSPS) is 10.8. The first-order valence-corrected chi connectivity index (χ1v) is 7.55. The van der Waals surface area contributed by atoms with Crippen LogP contribution in [0.25, 0.3) is 10.6 Å². The number of nitrogens with zero attached hydrogens (tertiary/aromatic N) is 1. The molecule has 0 aliphatic rings. The van der Waals surface area contributed by atoms with Gasteiger partial charge >= 0.3 is 0 Å². The quantitative estimate of drug-likeness (QED) is 0.724. The van der Waals surface area contributed by atoms with E-state index in [-0.39, 0.29) is 0 Å². The van der Waals surface area contributed by atoms with E-state index in [1.165, 1.54) is 16.0 Å². The number of benzene rings is 1. The molecule has 0 atom stereocenters. The standard InChI is InChI=1S/C13H13BrClNS/c1-8-3-4-10(14)7-11(8)13-16-9(2)12(17-13)5-6-15/h3-4,7H,5-6H2,1-2H3. The molecule has 0 N–H and O–H groups in total. The fourth-order valence-electron chi connectivity index (χ4n) is 1.69. The van der Waals surface area contributed by atoms with Crippen molar-refractivity contribution in [3.05, 3.63) is 38.8 Å². The second-order valence-corrected chi connectivity index (χ2v) is 6.30. The topological polar surface area (TPSA) is 12.9 Å². The summed E-state index contributed by atoms with van der Waals surface area (Å²) in [7, 11) is 0. The minimum atomic E-state index is 0.653. The highest BCUT2D eigenvalue weighted by molar-refractivity contribution is 9.10. The van der Waals surface area contributed by atoms with Gasteiger partial charge in [-0.25, -0.2) is 4.98 Å². The van der Waals surface area contributed by atoms with Gasteiger partial charge in [-0.05, 0) is 38.0 Å². The molecule has 1 heterocycles. The van der Waals surface area contributed by atoms with Gasteiger partial charge in [0.1, 0.15) is 5.01 Å². The molecule has 1 aromatic carbocycles. The van der Waals surface area contributed by atoms with Crippen LogP contribution in [0.15, 0.2) is 22.7 Å². The minimum Gasteiger partial charge on any atom is -0.241 e. The Bertz CT molecular complexity index is 536. The third-order valence-corrected chi connectivity index (χ3v) is 4.58. The highest BCUT2D eigenvalue weighted by Gasteiger charge is 2.11. The van der Waals surface area contributed by atoms with E-state index in [1.807, 2.05) is 0 Å². The molecule has 1 aromatic heterocycles. The maximum absolute atomic E-state index is 5.79. The molecule has 0 unspecified atom stereocenters. The molecule has 1 nitrogen and oxygen atoms in total. The second-order valence-electron chi connectivity index (χ2n) is 3.93. The molecule has 0 amide bonds. The van der Waals surface area contributed by atoms with Gasteiger partial charge in [0.25, 0.3) is 0 Å². The summed E-state index contributed by atoms with van der Waals surface area (Å²) in [6.07, 6.45) is 0.901. The van der Waals surface area contributed by atoms with Crippen molar-refractivity contribution < 1.29 is 0 Å². The smallest absolute Gasteiger partial charge is 0.124 e. The Balaban J connectivity index is 2.45. The van der Waals surface area contributed by atoms with Gasteiger partial charge in [-0.3, -0.25) is 0 Å². The van der Waals surface area contributed by atoms with Crippen LogP contribution >= 0.6 is 38.9 Å². The summed E-state index contributed by atoms with van der Waals surface area (Å²) in [6, 6.07) is 6.29. The SMILES string of the molecule is Cc1ccc(Br)cc1-c1nc(C)c(CCCl)s1. The number of hydrogen-bond acceptors (Lipinski definition) is 2. The van der Waals surface area contributed by atoms with Gasteiger partial charge in [0, 0.05) is 20.8 Å². The van der Waals surface area contributed by atoms with E-state index < -0.39 is 0 Å². The van der Waals surface area contributed by atoms with Crippen LogP contribution in [0.5, 0.6) is 0 Å². The molecule has 2 aromatic rings. The summed E-state index contributed by atoms with van der Waals surface area (Å²) in [4.78, 5) is 5.93. The van der Waals surface area contributed by atoms with Crippen molar-refractivity contribution in [2.24, 2.45) is 0 Å². The molecular formula is C13H13BrClNS. The summed E-state index contributed by atoms with van der Waals surface area (Å²) >= 11 is 11.0. The van der Waals surface area contributed by atoms with Crippen molar-refractivity contribution in [2.45, 2.75) is 20.3 Å². The minimum absolute atomic E-state index is 0.653. The van der Waals surface area contributed by atoms with Crippen molar-refractivity contribution in [1.82, 2.24) is 4.98 Å². The van der Waals surface area contributed by atoms with Gasteiger partial charge in [-0.2, -0.15) is 0 Å². The number of aromatic nitrogens is 1. The summed E-state index contributed by atoms with van der Waals surface area (Å²) in [5.41, 5.74) is 3.55. The molecule has 0 aliphatic heterocycles. The average molecular weight is 331 g/mol. The lowest BCUT2D eigenvalue weighted by Gasteiger charge is -2.02. The average Bonchev–Trinajstić information content (AvgIpc) is 2.64. The van der Waals surface area contributed by atoms with Crippen LogP contribution < -0.4 is 0 Å². The van der Waals surface area contributed by atoms with E-state index in [0.29, 0.717) is 5.88 Å². The van der Waals surface area contributed by atoms with Crippen LogP contribution in [0, 0.1) is 13.8 Å². The first-order valence-electron chi connectivity index (χ1n) is 5.40. The maximum Gasteiger partial charge on any atom is 0.124 e. The van der Waals surface area contributed by atoms with E-state index >= 15 is 0 Å². The monoisotopic (exact) mass is 329 g/mol. The Morgan fingerprint density at radius 2 is 2.12 bits per heavy atom. The zero-order valence-electron chi connectivity index (χ0n) is 9.76. The molecule has 0 saturated carbocycles. The first kappa shape index (κ1) is 13.1. The lowest BCUT2D eigenvalue weighted by atomic mass is 10.1. The van der Waals surface area contributed by atoms with Crippen molar-refractivity contribution in [2.75, 3.05) is 5.88 Å². The highest BCUT2D eigenvalue weighted by atomic mass is 79.9. The zero-order chi connectivity index (χ0) is 12.4. The Hall–Kier alpha value is -0.380. The van der Waals surface area contributed by atoms with Gasteiger partial charge in [-0.15, -0.1) is 22.9 Å². The fraction of sp³-hybridized carbons (Fsp3) is 0.308. The molecule has 4 heteroatoms. The third kappa shape index (κ3) is 2.90. The van der Waals surface area contributed by atoms with Crippen molar-refractivity contribution in [1.29, 1.82) is 0 Å². The first-order chi connectivity index (χ1) is 8.11. The summed E-state index contributed by atoms with van der Waals surface area (Å²) in [5, 5.41) is 1.08. The molecule has 0 spiro atoms. The lowest BCUT2D eigenvalue weighted by molar-refractivity contribution is 1.12. The van der Waals surface area contributed by atoms with Crippen LogP contribution in [0.2, 0.25) is 0 Å². The number of hydrogen-bond donors (Lipinski definition) is 0. The van der Waals surface area contributed by atoms with Crippen LogP contribution in [0.3, 0.4) is 0 Å². The molecule has 0 bridgehead atoms. The summed E-state index contributed by atoms with van der Waals surface area (Å²) < 4.78 is 1.09. The Morgan fingerprint density at radius 1 is 1.35 bits per heavy atom. The molecule has 0 saturated heterocycles. The predicted molar refractivity (Wildman–Crippen MR) is 79.1 cm³/mol. The number of thiazole rings is 1. The number of rotatable bonds is 3. The van der Waals surface area contributed by atoms with E-state index in [1.54, 1.807) is 11.3 Å². The Kier molecular flexibility index (Phi) is 4.23. The summed E-state index contributed by atoms with van der Waals surface area (Å²) in [5.74, 6) is 0.653. The van der Waals surface area contributed by atoms with Gasteiger partial charge in [-0.1, -0.05) is 22.0 Å². The lowest BCUT2D eigenvalue weighted by Crippen LogP contribution is -1.84. The largest absolute Gasteiger partial charge is 0.241 e. The molecule has 0 radical (unpaired) electrons. The second kappa shape index (κ2) is 5.51. The van der Waals surface area contributed by atoms with Crippen LogP contribution in [0.1, 0.15) is 16.1 Å². The number of alkyl halides is 1. The van der Waals surface area contributed by atoms with E-state index in [2.05, 4.69) is 53.0 Å². The summed E-state index contributed by atoms with van der Waals surface area (Å²) in [6.45, 7) is 4.16. The molecule has 2 rings (SSSR count). The van der Waals surface area contributed by atoms with Crippen LogP contribution in [-0.4, -0.2) is 10.9 Å². The Labute approximate surface area is 119 Å². The molecule has 0 aliphatic carbocycles. The molecule has 0 fully saturated rings. The predicted octanol–water partition coefficient (Wildman–Crippen LogP) is 4.97. The third-order valence-electron chi connectivity index (χ3n) is 2.64. The van der Waals surface area contributed by atoms with Crippen molar-refractivity contribution in [3.8, 4) is 10.6 Å². The zero-order valence-corrected chi connectivity index (χ0v) is 12.9. The van der Waals surface area contributed by atoms with Gasteiger partial charge in [0.15, 0.2) is 0 Å². The Morgan fingerprint density at radius 3 is 2.82 bits per heavy atom. The fourth-order valence-corrected chi connectivity index (χ4v) is 3.49.